The van der Waals surface area contributed by atoms with Crippen LogP contribution in [0.4, 0.5) is 5.95 Å². The number of anilines is 1. The molecule has 8 heteroatoms. The van der Waals surface area contributed by atoms with Crippen LogP contribution in [0.2, 0.25) is 0 Å². The molecule has 1 atom stereocenters. The number of aliphatic hydroxyl groups is 1. The quantitative estimate of drug-likeness (QED) is 0.725. The summed E-state index contributed by atoms with van der Waals surface area (Å²) in [5.74, 6) is 0.369. The highest BCUT2D eigenvalue weighted by Crippen LogP contribution is 2.18. The SMILES string of the molecule is COCC(O)CCNc1nc2c(cnn2C(C)(C)C)c(=O)[nH]1. The Morgan fingerprint density at radius 2 is 2.23 bits per heavy atom. The monoisotopic (exact) mass is 309 g/mol. The summed E-state index contributed by atoms with van der Waals surface area (Å²) in [7, 11) is 1.54. The molecule has 0 amide bonds. The third kappa shape index (κ3) is 3.63. The van der Waals surface area contributed by atoms with E-state index in [1.807, 2.05) is 20.8 Å². The van der Waals surface area contributed by atoms with Crippen LogP contribution in [0.15, 0.2) is 11.0 Å². The number of aromatic nitrogens is 4. The molecule has 0 aromatic carbocycles. The molecule has 1 unspecified atom stereocenters. The van der Waals surface area contributed by atoms with Gasteiger partial charge in [0.15, 0.2) is 5.65 Å². The Balaban J connectivity index is 2.20. The van der Waals surface area contributed by atoms with Crippen molar-refractivity contribution in [2.24, 2.45) is 0 Å². The first-order valence-electron chi connectivity index (χ1n) is 7.22. The fourth-order valence-electron chi connectivity index (χ4n) is 2.13. The first-order valence-corrected chi connectivity index (χ1v) is 7.22. The molecule has 0 aliphatic carbocycles. The fraction of sp³-hybridized carbons (Fsp3) is 0.643. The van der Waals surface area contributed by atoms with E-state index in [2.05, 4.69) is 20.4 Å². The van der Waals surface area contributed by atoms with Gasteiger partial charge in [-0.05, 0) is 27.2 Å². The largest absolute Gasteiger partial charge is 0.391 e. The van der Waals surface area contributed by atoms with E-state index in [1.54, 1.807) is 4.68 Å². The Morgan fingerprint density at radius 3 is 2.86 bits per heavy atom. The summed E-state index contributed by atoms with van der Waals surface area (Å²) in [6.45, 7) is 6.74. The summed E-state index contributed by atoms with van der Waals surface area (Å²) in [6, 6.07) is 0. The van der Waals surface area contributed by atoms with E-state index in [9.17, 15) is 9.90 Å². The molecule has 2 aromatic heterocycles. The minimum atomic E-state index is -0.548. The van der Waals surface area contributed by atoms with Gasteiger partial charge in [-0.1, -0.05) is 0 Å². The third-order valence-electron chi connectivity index (χ3n) is 3.20. The second kappa shape index (κ2) is 6.45. The number of aromatic amines is 1. The summed E-state index contributed by atoms with van der Waals surface area (Å²) >= 11 is 0. The Kier molecular flexibility index (Phi) is 4.82. The Bertz CT molecular complexity index is 686. The molecule has 0 fully saturated rings. The van der Waals surface area contributed by atoms with Gasteiger partial charge >= 0.3 is 0 Å². The summed E-state index contributed by atoms with van der Waals surface area (Å²) in [5, 5.41) is 17.3. The van der Waals surface area contributed by atoms with Crippen molar-refractivity contribution in [1.82, 2.24) is 19.7 Å². The van der Waals surface area contributed by atoms with Gasteiger partial charge in [-0.25, -0.2) is 4.68 Å². The molecule has 0 bridgehead atoms. The van der Waals surface area contributed by atoms with Crippen LogP contribution in [0.1, 0.15) is 27.2 Å². The number of fused-ring (bicyclic) bond motifs is 1. The average molecular weight is 309 g/mol. The molecular formula is C14H23N5O3. The molecule has 0 radical (unpaired) electrons. The van der Waals surface area contributed by atoms with E-state index in [1.165, 1.54) is 13.3 Å². The first kappa shape index (κ1) is 16.4. The summed E-state index contributed by atoms with van der Waals surface area (Å²) in [4.78, 5) is 19.2. The molecule has 0 saturated carbocycles. The second-order valence-corrected chi connectivity index (χ2v) is 6.20. The van der Waals surface area contributed by atoms with E-state index >= 15 is 0 Å². The number of nitrogens with one attached hydrogen (secondary N) is 2. The van der Waals surface area contributed by atoms with Crippen molar-refractivity contribution in [1.29, 1.82) is 0 Å². The standard InChI is InChI=1S/C14H23N5O3/c1-14(2,3)19-11-10(7-16-19)12(21)18-13(17-11)15-6-5-9(20)8-22-4/h7,9,20H,5-6,8H2,1-4H3,(H2,15,17,18,21). The number of rotatable bonds is 6. The van der Waals surface area contributed by atoms with Gasteiger partial charge in [0.25, 0.3) is 5.56 Å². The summed E-state index contributed by atoms with van der Waals surface area (Å²) in [5.41, 5.74) is 0.0331. The highest BCUT2D eigenvalue weighted by Gasteiger charge is 2.19. The van der Waals surface area contributed by atoms with Crippen molar-refractivity contribution in [2.45, 2.75) is 38.8 Å². The van der Waals surface area contributed by atoms with Gasteiger partial charge in [-0.3, -0.25) is 9.78 Å². The maximum atomic E-state index is 12.1. The lowest BCUT2D eigenvalue weighted by Gasteiger charge is -2.19. The molecule has 122 valence electrons. The summed E-state index contributed by atoms with van der Waals surface area (Å²) in [6.07, 6.45) is 1.47. The smallest absolute Gasteiger partial charge is 0.263 e. The fourth-order valence-corrected chi connectivity index (χ4v) is 2.13. The van der Waals surface area contributed by atoms with Gasteiger partial charge in [0.2, 0.25) is 5.95 Å². The van der Waals surface area contributed by atoms with Crippen molar-refractivity contribution in [3.05, 3.63) is 16.6 Å². The third-order valence-corrected chi connectivity index (χ3v) is 3.20. The van der Waals surface area contributed by atoms with Crippen LogP contribution in [0.5, 0.6) is 0 Å². The first-order chi connectivity index (χ1) is 10.3. The minimum absolute atomic E-state index is 0.236. The van der Waals surface area contributed by atoms with E-state index in [-0.39, 0.29) is 17.7 Å². The maximum absolute atomic E-state index is 12.1. The van der Waals surface area contributed by atoms with Crippen LogP contribution >= 0.6 is 0 Å². The van der Waals surface area contributed by atoms with Gasteiger partial charge in [0.1, 0.15) is 5.39 Å². The number of hydrogen-bond acceptors (Lipinski definition) is 6. The highest BCUT2D eigenvalue weighted by atomic mass is 16.5. The highest BCUT2D eigenvalue weighted by molar-refractivity contribution is 5.74. The van der Waals surface area contributed by atoms with Crippen molar-refractivity contribution >= 4 is 17.0 Å². The van der Waals surface area contributed by atoms with E-state index < -0.39 is 6.10 Å². The number of aliphatic hydroxyl groups excluding tert-OH is 1. The van der Waals surface area contributed by atoms with Crippen LogP contribution in [0.25, 0.3) is 11.0 Å². The molecular weight excluding hydrogens is 286 g/mol. The average Bonchev–Trinajstić information content (AvgIpc) is 2.83. The van der Waals surface area contributed by atoms with Crippen molar-refractivity contribution in [3.8, 4) is 0 Å². The maximum Gasteiger partial charge on any atom is 0.263 e. The number of ether oxygens (including phenoxy) is 1. The molecule has 2 rings (SSSR count). The lowest BCUT2D eigenvalue weighted by molar-refractivity contribution is 0.0615. The lowest BCUT2D eigenvalue weighted by Crippen LogP contribution is -2.24. The van der Waals surface area contributed by atoms with E-state index in [0.29, 0.717) is 29.9 Å². The van der Waals surface area contributed by atoms with Gasteiger partial charge < -0.3 is 15.2 Å². The molecule has 2 aromatic rings. The topological polar surface area (TPSA) is 105 Å². The summed E-state index contributed by atoms with van der Waals surface area (Å²) < 4.78 is 6.59. The number of nitrogens with zero attached hydrogens (tertiary/aromatic N) is 3. The Hall–Kier alpha value is -1.93. The van der Waals surface area contributed by atoms with Crippen LogP contribution in [-0.4, -0.2) is 51.2 Å². The number of H-pyrrole nitrogens is 1. The molecule has 0 spiro atoms. The van der Waals surface area contributed by atoms with Gasteiger partial charge in [-0.15, -0.1) is 0 Å². The van der Waals surface area contributed by atoms with Gasteiger partial charge in [-0.2, -0.15) is 10.1 Å². The zero-order valence-corrected chi connectivity index (χ0v) is 13.4. The molecule has 2 heterocycles. The molecule has 22 heavy (non-hydrogen) atoms. The Morgan fingerprint density at radius 1 is 1.50 bits per heavy atom. The zero-order valence-electron chi connectivity index (χ0n) is 13.4. The predicted octanol–water partition coefficient (Wildman–Crippen LogP) is 0.684. The number of methoxy groups -OCH3 is 1. The van der Waals surface area contributed by atoms with Crippen LogP contribution < -0.4 is 10.9 Å². The molecule has 3 N–H and O–H groups in total. The number of hydrogen-bond donors (Lipinski definition) is 3. The molecule has 0 aliphatic rings. The van der Waals surface area contributed by atoms with Gasteiger partial charge in [0.05, 0.1) is 24.4 Å². The molecule has 8 nitrogen and oxygen atoms in total. The predicted molar refractivity (Wildman–Crippen MR) is 84.1 cm³/mol. The van der Waals surface area contributed by atoms with Crippen LogP contribution in [0.3, 0.4) is 0 Å². The van der Waals surface area contributed by atoms with E-state index in [4.69, 9.17) is 4.74 Å². The molecule has 0 aliphatic heterocycles. The van der Waals surface area contributed by atoms with E-state index in [0.717, 1.165) is 0 Å². The van der Waals surface area contributed by atoms with Crippen molar-refractivity contribution in [3.63, 3.8) is 0 Å². The normalized spacial score (nSPS) is 13.5. The minimum Gasteiger partial charge on any atom is -0.391 e. The van der Waals surface area contributed by atoms with Crippen molar-refractivity contribution in [2.75, 3.05) is 25.6 Å². The van der Waals surface area contributed by atoms with Gasteiger partial charge in [0, 0.05) is 13.7 Å². The second-order valence-electron chi connectivity index (χ2n) is 6.20. The zero-order chi connectivity index (χ0) is 16.3. The van der Waals surface area contributed by atoms with Crippen LogP contribution in [0, 0.1) is 0 Å². The lowest BCUT2D eigenvalue weighted by atomic mass is 10.1. The van der Waals surface area contributed by atoms with Crippen molar-refractivity contribution < 1.29 is 9.84 Å². The van der Waals surface area contributed by atoms with Crippen LogP contribution in [-0.2, 0) is 10.3 Å². The Labute approximate surface area is 128 Å². The molecule has 0 saturated heterocycles.